The maximum atomic E-state index is 11.1. The number of hydrogen-bond acceptors (Lipinski definition) is 3. The number of carbonyl (C=O) groups excluding carboxylic acids is 1. The topological polar surface area (TPSA) is 46.3 Å². The summed E-state index contributed by atoms with van der Waals surface area (Å²) < 4.78 is 0. The van der Waals surface area contributed by atoms with Gasteiger partial charge in [-0.1, -0.05) is 17.7 Å². The molecular weight excluding hydrogens is 188 g/mol. The molecule has 1 heterocycles. The van der Waals surface area contributed by atoms with Gasteiger partial charge in [0.25, 0.3) is 0 Å². The third-order valence-electron chi connectivity index (χ3n) is 2.88. The Morgan fingerprint density at radius 1 is 1.60 bits per heavy atom. The molecule has 0 bridgehead atoms. The molecule has 1 aromatic carbocycles. The Bertz CT molecular complexity index is 401. The predicted octanol–water partition coefficient (Wildman–Crippen LogP) is 1.75. The lowest BCUT2D eigenvalue weighted by Crippen LogP contribution is -2.29. The summed E-state index contributed by atoms with van der Waals surface area (Å²) in [6, 6.07) is 6.22. The van der Waals surface area contributed by atoms with Crippen LogP contribution in [-0.2, 0) is 4.79 Å². The van der Waals surface area contributed by atoms with Gasteiger partial charge >= 0.3 is 0 Å². The summed E-state index contributed by atoms with van der Waals surface area (Å²) in [5.74, 6) is 6.38. The summed E-state index contributed by atoms with van der Waals surface area (Å²) >= 11 is 0. The van der Waals surface area contributed by atoms with Crippen LogP contribution in [0.5, 0.6) is 0 Å². The first-order chi connectivity index (χ1) is 7.08. The summed E-state index contributed by atoms with van der Waals surface area (Å²) in [6.07, 6.45) is 0.587. The highest BCUT2D eigenvalue weighted by Crippen LogP contribution is 2.36. The van der Waals surface area contributed by atoms with E-state index in [1.54, 1.807) is 11.9 Å². The van der Waals surface area contributed by atoms with Gasteiger partial charge in [0, 0.05) is 18.9 Å². The van der Waals surface area contributed by atoms with Crippen molar-refractivity contribution < 1.29 is 4.79 Å². The van der Waals surface area contributed by atoms with Gasteiger partial charge in [0.2, 0.25) is 0 Å². The Morgan fingerprint density at radius 2 is 2.33 bits per heavy atom. The van der Waals surface area contributed by atoms with Crippen molar-refractivity contribution in [2.45, 2.75) is 26.2 Å². The van der Waals surface area contributed by atoms with Crippen LogP contribution in [0.3, 0.4) is 0 Å². The Morgan fingerprint density at radius 3 is 3.00 bits per heavy atom. The van der Waals surface area contributed by atoms with E-state index in [-0.39, 0.29) is 11.7 Å². The zero-order valence-corrected chi connectivity index (χ0v) is 9.16. The molecule has 3 nitrogen and oxygen atoms in total. The molecule has 0 radical (unpaired) electrons. The second-order valence-corrected chi connectivity index (χ2v) is 4.32. The van der Waals surface area contributed by atoms with Gasteiger partial charge in [0.1, 0.15) is 5.78 Å². The number of hydrogen-bond donors (Lipinski definition) is 1. The highest BCUT2D eigenvalue weighted by atomic mass is 16.1. The average Bonchev–Trinajstić information content (AvgIpc) is 2.42. The third kappa shape index (κ3) is 1.88. The highest BCUT2D eigenvalue weighted by molar-refractivity contribution is 5.77. The van der Waals surface area contributed by atoms with Crippen LogP contribution in [0, 0.1) is 6.92 Å². The monoisotopic (exact) mass is 204 g/mol. The molecule has 1 aliphatic rings. The van der Waals surface area contributed by atoms with Gasteiger partial charge in [-0.3, -0.25) is 0 Å². The fourth-order valence-electron chi connectivity index (χ4n) is 2.22. The van der Waals surface area contributed by atoms with Crippen LogP contribution in [0.2, 0.25) is 0 Å². The van der Waals surface area contributed by atoms with Gasteiger partial charge in [-0.2, -0.15) is 0 Å². The number of nitrogens with two attached hydrogens (primary N) is 1. The number of rotatable bonds is 2. The Labute approximate surface area is 89.8 Å². The molecule has 0 fully saturated rings. The van der Waals surface area contributed by atoms with Gasteiger partial charge in [-0.05, 0) is 25.5 Å². The van der Waals surface area contributed by atoms with Crippen molar-refractivity contribution in [3.63, 3.8) is 0 Å². The molecule has 1 aromatic rings. The van der Waals surface area contributed by atoms with Crippen LogP contribution in [0.1, 0.15) is 30.4 Å². The normalized spacial score (nSPS) is 19.1. The van der Waals surface area contributed by atoms with E-state index in [1.807, 2.05) is 6.07 Å². The molecule has 2 rings (SSSR count). The van der Waals surface area contributed by atoms with Gasteiger partial charge < -0.3 is 9.80 Å². The number of Topliss-reactive ketones (excluding diaryl/α,β-unsaturated/α-hetero) is 1. The first kappa shape index (κ1) is 10.2. The summed E-state index contributed by atoms with van der Waals surface area (Å²) in [4.78, 5) is 11.1. The molecule has 15 heavy (non-hydrogen) atoms. The van der Waals surface area contributed by atoms with Gasteiger partial charge in [0.05, 0.1) is 5.69 Å². The lowest BCUT2D eigenvalue weighted by atomic mass is 9.95. The number of ketones is 1. The maximum Gasteiger partial charge on any atom is 0.130 e. The van der Waals surface area contributed by atoms with Crippen LogP contribution < -0.4 is 10.9 Å². The summed E-state index contributed by atoms with van der Waals surface area (Å²) in [6.45, 7) is 4.44. The maximum absolute atomic E-state index is 11.1. The van der Waals surface area contributed by atoms with Crippen LogP contribution in [0.4, 0.5) is 5.69 Å². The van der Waals surface area contributed by atoms with Crippen molar-refractivity contribution >= 4 is 11.5 Å². The van der Waals surface area contributed by atoms with E-state index in [2.05, 4.69) is 19.1 Å². The summed E-state index contributed by atoms with van der Waals surface area (Å²) in [7, 11) is 0. The molecular formula is C12H16N2O. The molecule has 2 N–H and O–H groups in total. The first-order valence-electron chi connectivity index (χ1n) is 5.20. The minimum atomic E-state index is 0.225. The second kappa shape index (κ2) is 3.66. The summed E-state index contributed by atoms with van der Waals surface area (Å²) in [5, 5.41) is 1.74. The van der Waals surface area contributed by atoms with E-state index < -0.39 is 0 Å². The molecule has 3 heteroatoms. The van der Waals surface area contributed by atoms with E-state index in [0.717, 1.165) is 12.2 Å². The van der Waals surface area contributed by atoms with E-state index >= 15 is 0 Å². The van der Waals surface area contributed by atoms with Crippen molar-refractivity contribution in [1.82, 2.24) is 0 Å². The smallest absolute Gasteiger partial charge is 0.130 e. The molecule has 0 amide bonds. The minimum absolute atomic E-state index is 0.225. The number of nitrogens with zero attached hydrogens (tertiary/aromatic N) is 1. The van der Waals surface area contributed by atoms with Crippen molar-refractivity contribution in [2.75, 3.05) is 11.6 Å². The summed E-state index contributed by atoms with van der Waals surface area (Å²) in [5.41, 5.74) is 3.50. The number of aryl methyl sites for hydroxylation is 1. The number of fused-ring (bicyclic) bond motifs is 1. The lowest BCUT2D eigenvalue weighted by Gasteiger charge is -2.11. The van der Waals surface area contributed by atoms with E-state index in [1.165, 1.54) is 11.1 Å². The molecule has 0 aromatic heterocycles. The van der Waals surface area contributed by atoms with Crippen molar-refractivity contribution in [3.8, 4) is 0 Å². The van der Waals surface area contributed by atoms with Crippen LogP contribution in [0.25, 0.3) is 0 Å². The standard InChI is InChI=1S/C12H16N2O/c1-8-3-4-12-11(5-8)10(6-9(2)15)7-14(12)13/h3-5,10H,6-7,13H2,1-2H3. The molecule has 0 spiro atoms. The quantitative estimate of drug-likeness (QED) is 0.746. The fraction of sp³-hybridized carbons (Fsp3) is 0.417. The molecule has 1 atom stereocenters. The second-order valence-electron chi connectivity index (χ2n) is 4.32. The van der Waals surface area contributed by atoms with Crippen molar-refractivity contribution in [1.29, 1.82) is 0 Å². The lowest BCUT2D eigenvalue weighted by molar-refractivity contribution is -0.117. The molecule has 0 saturated heterocycles. The number of hydrazine groups is 1. The number of carbonyl (C=O) groups is 1. The largest absolute Gasteiger partial charge is 0.310 e. The zero-order chi connectivity index (χ0) is 11.0. The average molecular weight is 204 g/mol. The van der Waals surface area contributed by atoms with Crippen LogP contribution in [0.15, 0.2) is 18.2 Å². The Kier molecular flexibility index (Phi) is 2.49. The van der Waals surface area contributed by atoms with E-state index in [0.29, 0.717) is 6.42 Å². The Hall–Kier alpha value is -1.35. The third-order valence-corrected chi connectivity index (χ3v) is 2.88. The molecule has 0 saturated carbocycles. The zero-order valence-electron chi connectivity index (χ0n) is 9.16. The predicted molar refractivity (Wildman–Crippen MR) is 60.8 cm³/mol. The van der Waals surface area contributed by atoms with E-state index in [9.17, 15) is 4.79 Å². The van der Waals surface area contributed by atoms with Crippen molar-refractivity contribution in [3.05, 3.63) is 29.3 Å². The number of benzene rings is 1. The van der Waals surface area contributed by atoms with Crippen LogP contribution >= 0.6 is 0 Å². The molecule has 1 aliphatic heterocycles. The Balaban J connectivity index is 2.35. The van der Waals surface area contributed by atoms with Gasteiger partial charge in [0.15, 0.2) is 0 Å². The van der Waals surface area contributed by atoms with Gasteiger partial charge in [-0.15, -0.1) is 0 Å². The molecule has 80 valence electrons. The minimum Gasteiger partial charge on any atom is -0.310 e. The first-order valence-corrected chi connectivity index (χ1v) is 5.20. The van der Waals surface area contributed by atoms with Gasteiger partial charge in [-0.25, -0.2) is 5.84 Å². The van der Waals surface area contributed by atoms with Crippen LogP contribution in [-0.4, -0.2) is 12.3 Å². The SMILES string of the molecule is CC(=O)CC1CN(N)c2ccc(C)cc21. The molecule has 0 aliphatic carbocycles. The fourth-order valence-corrected chi connectivity index (χ4v) is 2.22. The van der Waals surface area contributed by atoms with E-state index in [4.69, 9.17) is 5.84 Å². The van der Waals surface area contributed by atoms with Crippen molar-refractivity contribution in [2.24, 2.45) is 5.84 Å². The number of anilines is 1. The molecule has 1 unspecified atom stereocenters. The highest BCUT2D eigenvalue weighted by Gasteiger charge is 2.27.